The average Bonchev–Trinajstić information content (AvgIpc) is 2.54. The van der Waals surface area contributed by atoms with Gasteiger partial charge in [0, 0.05) is 12.2 Å². The van der Waals surface area contributed by atoms with E-state index in [1.54, 1.807) is 12.3 Å². The van der Waals surface area contributed by atoms with E-state index in [1.165, 1.54) is 12.1 Å². The summed E-state index contributed by atoms with van der Waals surface area (Å²) in [4.78, 5) is 0. The molecule has 2 rings (SSSR count). The van der Waals surface area contributed by atoms with Crippen molar-refractivity contribution < 1.29 is 9.13 Å². The Bertz CT molecular complexity index is 599. The molecule has 4 heteroatoms. The highest BCUT2D eigenvalue weighted by Gasteiger charge is 2.03. The summed E-state index contributed by atoms with van der Waals surface area (Å²) < 4.78 is 19.0. The van der Waals surface area contributed by atoms with Crippen molar-refractivity contribution in [2.24, 2.45) is 5.10 Å². The predicted octanol–water partition coefficient (Wildman–Crippen LogP) is 4.59. The van der Waals surface area contributed by atoms with Crippen molar-refractivity contribution >= 4 is 11.9 Å². The minimum absolute atomic E-state index is 0.262. The molecule has 0 amide bonds. The maximum absolute atomic E-state index is 13.4. The number of benzene rings is 2. The zero-order valence-corrected chi connectivity index (χ0v) is 12.8. The molecule has 2 aromatic rings. The summed E-state index contributed by atoms with van der Waals surface area (Å²) in [6.07, 6.45) is 3.78. The highest BCUT2D eigenvalue weighted by atomic mass is 19.1. The number of halogens is 1. The zero-order valence-electron chi connectivity index (χ0n) is 12.8. The second kappa shape index (κ2) is 8.95. The Morgan fingerprint density at radius 3 is 2.77 bits per heavy atom. The van der Waals surface area contributed by atoms with Crippen LogP contribution in [-0.4, -0.2) is 12.8 Å². The number of hydrogen-bond acceptors (Lipinski definition) is 3. The van der Waals surface area contributed by atoms with Gasteiger partial charge in [0.15, 0.2) is 0 Å². The van der Waals surface area contributed by atoms with Gasteiger partial charge in [-0.05, 0) is 36.2 Å². The number of nitrogens with zero attached hydrogens (tertiary/aromatic N) is 1. The Morgan fingerprint density at radius 2 is 2.00 bits per heavy atom. The highest BCUT2D eigenvalue weighted by molar-refractivity contribution is 5.82. The molecule has 0 aliphatic rings. The number of hydrogen-bond donors (Lipinski definition) is 1. The second-order valence-electron chi connectivity index (χ2n) is 4.99. The molecule has 0 radical (unpaired) electrons. The van der Waals surface area contributed by atoms with Crippen molar-refractivity contribution in [3.63, 3.8) is 0 Å². The quantitative estimate of drug-likeness (QED) is 0.439. The van der Waals surface area contributed by atoms with Gasteiger partial charge in [0.1, 0.15) is 5.82 Å². The normalized spacial score (nSPS) is 11.0. The molecule has 0 unspecified atom stereocenters. The van der Waals surface area contributed by atoms with Crippen molar-refractivity contribution in [3.8, 4) is 0 Å². The monoisotopic (exact) mass is 300 g/mol. The van der Waals surface area contributed by atoms with Crippen LogP contribution < -0.4 is 5.43 Å². The summed E-state index contributed by atoms with van der Waals surface area (Å²) >= 11 is 0. The molecule has 0 aliphatic carbocycles. The van der Waals surface area contributed by atoms with Crippen LogP contribution in [0.1, 0.15) is 30.9 Å². The number of para-hydroxylation sites is 1. The molecule has 0 atom stereocenters. The highest BCUT2D eigenvalue weighted by Crippen LogP contribution is 2.12. The summed E-state index contributed by atoms with van der Waals surface area (Å²) in [6.45, 7) is 3.19. The van der Waals surface area contributed by atoms with Gasteiger partial charge in [-0.2, -0.15) is 5.10 Å². The first-order chi connectivity index (χ1) is 10.8. The molecule has 0 aliphatic heterocycles. The van der Waals surface area contributed by atoms with Crippen LogP contribution in [0, 0.1) is 5.82 Å². The van der Waals surface area contributed by atoms with Crippen molar-refractivity contribution in [1.82, 2.24) is 0 Å². The third kappa shape index (κ3) is 5.30. The summed E-state index contributed by atoms with van der Waals surface area (Å²) in [7, 11) is 0. The number of anilines is 1. The van der Waals surface area contributed by atoms with Crippen LogP contribution in [0.3, 0.4) is 0 Å². The van der Waals surface area contributed by atoms with E-state index in [-0.39, 0.29) is 5.82 Å². The lowest BCUT2D eigenvalue weighted by atomic mass is 10.1. The van der Waals surface area contributed by atoms with Gasteiger partial charge in [-0.1, -0.05) is 37.6 Å². The largest absolute Gasteiger partial charge is 0.377 e. The van der Waals surface area contributed by atoms with Crippen molar-refractivity contribution in [3.05, 3.63) is 65.5 Å². The Morgan fingerprint density at radius 1 is 1.18 bits per heavy atom. The Hall–Kier alpha value is -2.20. The van der Waals surface area contributed by atoms with Crippen LogP contribution in [0.25, 0.3) is 0 Å². The third-order valence-electron chi connectivity index (χ3n) is 3.18. The van der Waals surface area contributed by atoms with Gasteiger partial charge in [0.2, 0.25) is 0 Å². The summed E-state index contributed by atoms with van der Waals surface area (Å²) in [5.41, 5.74) is 5.50. The van der Waals surface area contributed by atoms with Gasteiger partial charge in [-0.15, -0.1) is 0 Å². The molecular formula is C18H21FN2O. The number of nitrogens with one attached hydrogen (secondary N) is 1. The minimum Gasteiger partial charge on any atom is -0.377 e. The lowest BCUT2D eigenvalue weighted by molar-refractivity contribution is 0.118. The van der Waals surface area contributed by atoms with E-state index >= 15 is 0 Å². The van der Waals surface area contributed by atoms with Crippen LogP contribution in [-0.2, 0) is 11.3 Å². The van der Waals surface area contributed by atoms with Crippen molar-refractivity contribution in [2.45, 2.75) is 26.4 Å². The van der Waals surface area contributed by atoms with Crippen molar-refractivity contribution in [1.29, 1.82) is 0 Å². The first-order valence-corrected chi connectivity index (χ1v) is 7.50. The predicted molar refractivity (Wildman–Crippen MR) is 88.6 cm³/mol. The standard InChI is InChI=1S/C18H21FN2O/c1-2-3-11-22-14-16-12-17(19)10-9-15(16)13-20-21-18-7-5-4-6-8-18/h4-10,12-13,21H,2-3,11,14H2,1H3. The molecular weight excluding hydrogens is 279 g/mol. The zero-order chi connectivity index (χ0) is 15.6. The SMILES string of the molecule is CCCCOCc1cc(F)ccc1C=NNc1ccccc1. The summed E-state index contributed by atoms with van der Waals surface area (Å²) in [6, 6.07) is 14.3. The molecule has 0 saturated heterocycles. The molecule has 3 nitrogen and oxygen atoms in total. The van der Waals surface area contributed by atoms with Gasteiger partial charge in [-0.25, -0.2) is 4.39 Å². The Kier molecular flexibility index (Phi) is 6.58. The van der Waals surface area contributed by atoms with E-state index in [2.05, 4.69) is 17.5 Å². The maximum atomic E-state index is 13.4. The van der Waals surface area contributed by atoms with E-state index in [1.807, 2.05) is 30.3 Å². The van der Waals surface area contributed by atoms with Crippen molar-refractivity contribution in [2.75, 3.05) is 12.0 Å². The molecule has 2 aromatic carbocycles. The number of ether oxygens (including phenoxy) is 1. The molecule has 0 bridgehead atoms. The molecule has 116 valence electrons. The molecule has 0 aromatic heterocycles. The summed E-state index contributed by atoms with van der Waals surface area (Å²) in [5, 5.41) is 4.19. The average molecular weight is 300 g/mol. The molecule has 0 heterocycles. The van der Waals surface area contributed by atoms with Gasteiger partial charge >= 0.3 is 0 Å². The van der Waals surface area contributed by atoms with Crippen LogP contribution in [0.15, 0.2) is 53.6 Å². The molecule has 0 fully saturated rings. The second-order valence-corrected chi connectivity index (χ2v) is 4.99. The third-order valence-corrected chi connectivity index (χ3v) is 3.18. The van der Waals surface area contributed by atoms with Gasteiger partial charge in [-0.3, -0.25) is 5.43 Å². The fourth-order valence-corrected chi connectivity index (χ4v) is 1.94. The molecule has 0 saturated carbocycles. The van der Waals surface area contributed by atoms with Gasteiger partial charge in [0.05, 0.1) is 18.5 Å². The fraction of sp³-hybridized carbons (Fsp3) is 0.278. The van der Waals surface area contributed by atoms with E-state index in [9.17, 15) is 4.39 Å². The lowest BCUT2D eigenvalue weighted by Gasteiger charge is -2.07. The Balaban J connectivity index is 1.99. The maximum Gasteiger partial charge on any atom is 0.123 e. The molecule has 1 N–H and O–H groups in total. The van der Waals surface area contributed by atoms with Gasteiger partial charge in [0.25, 0.3) is 0 Å². The van der Waals surface area contributed by atoms with Crippen LogP contribution >= 0.6 is 0 Å². The number of hydrazone groups is 1. The molecule has 22 heavy (non-hydrogen) atoms. The van der Waals surface area contributed by atoms with E-state index in [0.717, 1.165) is 29.7 Å². The summed E-state index contributed by atoms with van der Waals surface area (Å²) in [5.74, 6) is -0.262. The van der Waals surface area contributed by atoms with E-state index in [0.29, 0.717) is 13.2 Å². The minimum atomic E-state index is -0.262. The molecule has 0 spiro atoms. The number of unbranched alkanes of at least 4 members (excludes halogenated alkanes) is 1. The fourth-order valence-electron chi connectivity index (χ4n) is 1.94. The smallest absolute Gasteiger partial charge is 0.123 e. The number of rotatable bonds is 8. The van der Waals surface area contributed by atoms with Crippen LogP contribution in [0.5, 0.6) is 0 Å². The Labute approximate surface area is 130 Å². The lowest BCUT2D eigenvalue weighted by Crippen LogP contribution is -2.01. The van der Waals surface area contributed by atoms with Gasteiger partial charge < -0.3 is 4.74 Å². The topological polar surface area (TPSA) is 33.6 Å². The first kappa shape index (κ1) is 16.2. The first-order valence-electron chi connectivity index (χ1n) is 7.50. The van der Waals surface area contributed by atoms with Crippen LogP contribution in [0.2, 0.25) is 0 Å². The van der Waals surface area contributed by atoms with E-state index in [4.69, 9.17) is 4.74 Å². The van der Waals surface area contributed by atoms with E-state index < -0.39 is 0 Å². The van der Waals surface area contributed by atoms with Crippen LogP contribution in [0.4, 0.5) is 10.1 Å².